The minimum atomic E-state index is -0.141. The first kappa shape index (κ1) is 30.8. The van der Waals surface area contributed by atoms with E-state index in [1.165, 1.54) is 24.1 Å². The van der Waals surface area contributed by atoms with Gasteiger partial charge in [-0.2, -0.15) is 0 Å². The van der Waals surface area contributed by atoms with Gasteiger partial charge in [0.25, 0.3) is 11.5 Å². The molecule has 0 radical (unpaired) electrons. The highest BCUT2D eigenvalue weighted by Gasteiger charge is 2.33. The van der Waals surface area contributed by atoms with Gasteiger partial charge in [0.05, 0.1) is 31.1 Å². The SMILES string of the molecule is CCc1c(-c2cc(Nc3ccc(N4CCN(C5COC5)C[C@H]4C)cn3)c(=O)n(C)c2)ccnc1N1CCn2c(cc3c2CCCC3)C1=O. The van der Waals surface area contributed by atoms with Crippen LogP contribution in [0, 0.1) is 0 Å². The Kier molecular flexibility index (Phi) is 8.04. The van der Waals surface area contributed by atoms with Crippen molar-refractivity contribution in [3.63, 3.8) is 0 Å². The van der Waals surface area contributed by atoms with Crippen LogP contribution < -0.4 is 20.7 Å². The van der Waals surface area contributed by atoms with Crippen molar-refractivity contribution < 1.29 is 9.53 Å². The quantitative estimate of drug-likeness (QED) is 0.315. The van der Waals surface area contributed by atoms with Crippen LogP contribution in [0.5, 0.6) is 0 Å². The zero-order valence-corrected chi connectivity index (χ0v) is 28.1. The molecule has 4 aromatic heterocycles. The molecule has 2 fully saturated rings. The highest BCUT2D eigenvalue weighted by atomic mass is 16.5. The first-order valence-electron chi connectivity index (χ1n) is 17.4. The molecule has 0 unspecified atom stereocenters. The monoisotopic (exact) mass is 648 g/mol. The van der Waals surface area contributed by atoms with Gasteiger partial charge in [0.15, 0.2) is 0 Å². The number of fused-ring (bicyclic) bond motifs is 3. The number of piperazine rings is 1. The molecule has 0 saturated carbocycles. The number of hydrogen-bond acceptors (Lipinski definition) is 8. The molecule has 0 bridgehead atoms. The van der Waals surface area contributed by atoms with E-state index in [1.54, 1.807) is 17.8 Å². The van der Waals surface area contributed by atoms with E-state index in [4.69, 9.17) is 14.7 Å². The smallest absolute Gasteiger partial charge is 0.276 e. The molecule has 7 heterocycles. The molecule has 1 aliphatic carbocycles. The van der Waals surface area contributed by atoms with Crippen molar-refractivity contribution in [3.05, 3.63) is 81.8 Å². The molecule has 1 amide bonds. The Balaban J connectivity index is 1.04. The van der Waals surface area contributed by atoms with Gasteiger partial charge in [0, 0.05) is 75.0 Å². The van der Waals surface area contributed by atoms with Crippen molar-refractivity contribution in [1.82, 2.24) is 24.0 Å². The maximum Gasteiger partial charge on any atom is 0.276 e. The van der Waals surface area contributed by atoms with Gasteiger partial charge >= 0.3 is 0 Å². The average molecular weight is 649 g/mol. The van der Waals surface area contributed by atoms with Crippen LogP contribution in [-0.2, 0) is 37.6 Å². The summed E-state index contributed by atoms with van der Waals surface area (Å²) in [4.78, 5) is 43.5. The van der Waals surface area contributed by atoms with Crippen molar-refractivity contribution in [2.75, 3.05) is 54.5 Å². The van der Waals surface area contributed by atoms with E-state index in [9.17, 15) is 9.59 Å². The number of nitrogens with one attached hydrogen (secondary N) is 1. The highest BCUT2D eigenvalue weighted by Crippen LogP contribution is 2.35. The zero-order valence-electron chi connectivity index (χ0n) is 28.1. The molecule has 11 nitrogen and oxygen atoms in total. The Labute approximate surface area is 281 Å². The van der Waals surface area contributed by atoms with Crippen molar-refractivity contribution >= 4 is 28.9 Å². The highest BCUT2D eigenvalue weighted by molar-refractivity contribution is 6.06. The standard InChI is InChI=1S/C37H44N8O3/c1-4-29-30(11-12-38-35(29)45-16-15-44-32-8-6-5-7-25(32)18-33(44)37(45)47)26-17-31(36(46)41(3)21-26)40-34-10-9-27(19-39-34)43-14-13-42(20-24(43)2)28-22-48-23-28/h9-12,17-19,21,24,28H,4-8,13-16,20,22-23H2,1-3H3,(H,39,40)/t24-/m1/s1. The van der Waals surface area contributed by atoms with E-state index in [2.05, 4.69) is 45.7 Å². The maximum absolute atomic E-state index is 13.9. The molecule has 1 N–H and O–H groups in total. The number of aryl methyl sites for hydroxylation is 2. The number of hydrogen-bond donors (Lipinski definition) is 1. The summed E-state index contributed by atoms with van der Waals surface area (Å²) < 4.78 is 9.24. The number of amides is 1. The maximum atomic E-state index is 13.9. The first-order chi connectivity index (χ1) is 23.4. The zero-order chi connectivity index (χ0) is 32.9. The van der Waals surface area contributed by atoms with Crippen LogP contribution in [0.3, 0.4) is 0 Å². The van der Waals surface area contributed by atoms with E-state index in [-0.39, 0.29) is 11.5 Å². The van der Waals surface area contributed by atoms with E-state index in [0.717, 1.165) is 80.3 Å². The van der Waals surface area contributed by atoms with Crippen molar-refractivity contribution in [2.24, 2.45) is 7.05 Å². The molecule has 48 heavy (non-hydrogen) atoms. The number of pyridine rings is 3. The van der Waals surface area contributed by atoms with Gasteiger partial charge in [-0.3, -0.25) is 19.4 Å². The van der Waals surface area contributed by atoms with E-state index in [1.807, 2.05) is 35.5 Å². The van der Waals surface area contributed by atoms with Crippen LogP contribution in [-0.4, -0.2) is 81.4 Å². The van der Waals surface area contributed by atoms with Gasteiger partial charge in [0.2, 0.25) is 0 Å². The molecular weight excluding hydrogens is 604 g/mol. The summed E-state index contributed by atoms with van der Waals surface area (Å²) in [5, 5.41) is 3.29. The topological polar surface area (TPSA) is 101 Å². The molecule has 8 rings (SSSR count). The largest absolute Gasteiger partial charge is 0.378 e. The Bertz CT molecular complexity index is 1910. The second-order valence-electron chi connectivity index (χ2n) is 13.6. The fourth-order valence-electron chi connectivity index (χ4n) is 8.02. The lowest BCUT2D eigenvalue weighted by molar-refractivity contribution is -0.0691. The van der Waals surface area contributed by atoms with Crippen LogP contribution in [0.15, 0.2) is 53.7 Å². The van der Waals surface area contributed by atoms with E-state index < -0.39 is 0 Å². The molecule has 2 saturated heterocycles. The summed E-state index contributed by atoms with van der Waals surface area (Å²) in [5.74, 6) is 1.32. The Morgan fingerprint density at radius 2 is 1.85 bits per heavy atom. The van der Waals surface area contributed by atoms with Crippen LogP contribution in [0.4, 0.5) is 23.0 Å². The van der Waals surface area contributed by atoms with E-state index >= 15 is 0 Å². The molecule has 0 spiro atoms. The van der Waals surface area contributed by atoms with Crippen molar-refractivity contribution in [3.8, 4) is 11.1 Å². The predicted octanol–water partition coefficient (Wildman–Crippen LogP) is 4.40. The van der Waals surface area contributed by atoms with E-state index in [0.29, 0.717) is 42.4 Å². The molecule has 3 aliphatic heterocycles. The second-order valence-corrected chi connectivity index (χ2v) is 13.6. The summed E-state index contributed by atoms with van der Waals surface area (Å²) in [6.07, 6.45) is 10.7. The molecule has 250 valence electrons. The number of carbonyl (C=O) groups is 1. The fraction of sp³-hybridized carbons (Fsp3) is 0.459. The van der Waals surface area contributed by atoms with Crippen LogP contribution in [0.25, 0.3) is 11.1 Å². The van der Waals surface area contributed by atoms with Gasteiger partial charge in [-0.05, 0) is 80.5 Å². The summed E-state index contributed by atoms with van der Waals surface area (Å²) in [6.45, 7) is 10.4. The normalized spacial score (nSPS) is 20.0. The van der Waals surface area contributed by atoms with Crippen LogP contribution in [0.1, 0.15) is 54.0 Å². The number of rotatable bonds is 7. The van der Waals surface area contributed by atoms with Gasteiger partial charge in [-0.1, -0.05) is 6.92 Å². The van der Waals surface area contributed by atoms with Gasteiger partial charge in [-0.15, -0.1) is 0 Å². The first-order valence-corrected chi connectivity index (χ1v) is 17.4. The minimum Gasteiger partial charge on any atom is -0.378 e. The Hall–Kier alpha value is -4.48. The third-order valence-corrected chi connectivity index (χ3v) is 10.7. The number of nitrogens with zero attached hydrogens (tertiary/aromatic N) is 7. The predicted molar refractivity (Wildman–Crippen MR) is 188 cm³/mol. The summed E-state index contributed by atoms with van der Waals surface area (Å²) in [7, 11) is 1.77. The van der Waals surface area contributed by atoms with Crippen LogP contribution >= 0.6 is 0 Å². The Morgan fingerprint density at radius 1 is 1.00 bits per heavy atom. The Morgan fingerprint density at radius 3 is 2.60 bits per heavy atom. The third kappa shape index (κ3) is 5.38. The van der Waals surface area contributed by atoms with Gasteiger partial charge < -0.3 is 24.1 Å². The second kappa shape index (κ2) is 12.5. The van der Waals surface area contributed by atoms with Gasteiger partial charge in [-0.25, -0.2) is 9.97 Å². The van der Waals surface area contributed by atoms with Gasteiger partial charge in [0.1, 0.15) is 23.0 Å². The number of anilines is 4. The summed E-state index contributed by atoms with van der Waals surface area (Å²) in [5.41, 5.74) is 7.64. The van der Waals surface area contributed by atoms with Crippen molar-refractivity contribution in [2.45, 2.75) is 64.6 Å². The minimum absolute atomic E-state index is 0.0107. The summed E-state index contributed by atoms with van der Waals surface area (Å²) in [6, 6.07) is 10.9. The lowest BCUT2D eigenvalue weighted by Gasteiger charge is -2.46. The average Bonchev–Trinajstić information content (AvgIpc) is 3.46. The lowest BCUT2D eigenvalue weighted by atomic mass is 9.98. The summed E-state index contributed by atoms with van der Waals surface area (Å²) >= 11 is 0. The number of ether oxygens (including phenoxy) is 1. The fourth-order valence-corrected chi connectivity index (χ4v) is 8.02. The molecule has 1 atom stereocenters. The van der Waals surface area contributed by atoms with Crippen LogP contribution in [0.2, 0.25) is 0 Å². The van der Waals surface area contributed by atoms with Crippen molar-refractivity contribution in [1.29, 1.82) is 0 Å². The molecule has 4 aromatic rings. The molecular formula is C37H44N8O3. The third-order valence-electron chi connectivity index (χ3n) is 10.7. The molecule has 0 aromatic carbocycles. The molecule has 11 heteroatoms. The molecule has 4 aliphatic rings. The number of carbonyl (C=O) groups excluding carboxylic acids is 1. The number of aromatic nitrogens is 4. The lowest BCUT2D eigenvalue weighted by Crippen LogP contribution is -2.59.